The van der Waals surface area contributed by atoms with E-state index >= 15 is 0 Å². The lowest BCUT2D eigenvalue weighted by Crippen LogP contribution is -2.48. The third-order valence-corrected chi connectivity index (χ3v) is 4.12. The van der Waals surface area contributed by atoms with Crippen LogP contribution >= 0.6 is 11.3 Å². The maximum atomic E-state index is 12.3. The minimum Gasteiger partial charge on any atom is -0.460 e. The molecule has 24 heavy (non-hydrogen) atoms. The Morgan fingerprint density at radius 2 is 2.21 bits per heavy atom. The molecule has 7 heteroatoms. The van der Waals surface area contributed by atoms with E-state index in [1.54, 1.807) is 16.5 Å². The topological polar surface area (TPSA) is 68.7 Å². The molecule has 0 N–H and O–H groups in total. The van der Waals surface area contributed by atoms with Crippen LogP contribution in [0.1, 0.15) is 45.7 Å². The van der Waals surface area contributed by atoms with Gasteiger partial charge in [0.1, 0.15) is 12.2 Å². The van der Waals surface area contributed by atoms with Gasteiger partial charge in [-0.15, -0.1) is 11.3 Å². The standard InChI is InChI=1S/C17H24N2O4S/c1-17(2,3)23-16(21)19-9-5-4-6-14(19)10-22-15(20)8-7-13-11-24-12-18-13/h7-8,11-12,14H,4-6,9-10H2,1-3H3/b8-7+. The Bertz CT molecular complexity index is 578. The molecule has 0 aliphatic carbocycles. The normalized spacial score (nSPS) is 18.6. The van der Waals surface area contributed by atoms with Crippen molar-refractivity contribution >= 4 is 29.5 Å². The molecular formula is C17H24N2O4S. The van der Waals surface area contributed by atoms with E-state index in [-0.39, 0.29) is 18.7 Å². The van der Waals surface area contributed by atoms with Crippen LogP contribution in [0.25, 0.3) is 6.08 Å². The first-order chi connectivity index (χ1) is 11.3. The first-order valence-corrected chi connectivity index (χ1v) is 9.02. The minimum absolute atomic E-state index is 0.134. The third-order valence-electron chi connectivity index (χ3n) is 3.51. The van der Waals surface area contributed by atoms with Gasteiger partial charge in [0.2, 0.25) is 0 Å². The number of rotatable bonds is 4. The van der Waals surface area contributed by atoms with Crippen LogP contribution in [-0.4, -0.2) is 46.7 Å². The van der Waals surface area contributed by atoms with Crippen molar-refractivity contribution < 1.29 is 19.1 Å². The van der Waals surface area contributed by atoms with Crippen LogP contribution in [-0.2, 0) is 14.3 Å². The average molecular weight is 352 g/mol. The third kappa shape index (κ3) is 5.96. The Morgan fingerprint density at radius 3 is 2.88 bits per heavy atom. The Hall–Kier alpha value is -1.89. The zero-order valence-corrected chi connectivity index (χ0v) is 15.2. The fourth-order valence-corrected chi connectivity index (χ4v) is 2.94. The van der Waals surface area contributed by atoms with Gasteiger partial charge in [-0.1, -0.05) is 0 Å². The quantitative estimate of drug-likeness (QED) is 0.613. The maximum absolute atomic E-state index is 12.3. The fraction of sp³-hybridized carbons (Fsp3) is 0.588. The molecule has 132 valence electrons. The average Bonchev–Trinajstić information content (AvgIpc) is 3.03. The molecule has 0 aromatic carbocycles. The number of carbonyl (C=O) groups excluding carboxylic acids is 2. The zero-order chi connectivity index (χ0) is 17.6. The van der Waals surface area contributed by atoms with Gasteiger partial charge < -0.3 is 14.4 Å². The number of amides is 1. The zero-order valence-electron chi connectivity index (χ0n) is 14.4. The van der Waals surface area contributed by atoms with Crippen LogP contribution in [0, 0.1) is 0 Å². The summed E-state index contributed by atoms with van der Waals surface area (Å²) < 4.78 is 10.7. The molecule has 1 aliphatic heterocycles. The monoisotopic (exact) mass is 352 g/mol. The van der Waals surface area contributed by atoms with Gasteiger partial charge in [-0.05, 0) is 46.1 Å². The van der Waals surface area contributed by atoms with Crippen LogP contribution in [0.15, 0.2) is 17.0 Å². The molecule has 0 spiro atoms. The molecule has 1 atom stereocenters. The van der Waals surface area contributed by atoms with Crippen molar-refractivity contribution in [1.29, 1.82) is 0 Å². The van der Waals surface area contributed by atoms with Crippen molar-refractivity contribution in [2.45, 2.75) is 51.7 Å². The molecular weight excluding hydrogens is 328 g/mol. The van der Waals surface area contributed by atoms with Crippen molar-refractivity contribution in [1.82, 2.24) is 9.88 Å². The Balaban J connectivity index is 1.86. The van der Waals surface area contributed by atoms with Crippen LogP contribution in [0.2, 0.25) is 0 Å². The van der Waals surface area contributed by atoms with E-state index in [9.17, 15) is 9.59 Å². The number of nitrogens with zero attached hydrogens (tertiary/aromatic N) is 2. The Labute approximate surface area is 146 Å². The summed E-state index contributed by atoms with van der Waals surface area (Å²) >= 11 is 1.46. The number of piperidine rings is 1. The summed E-state index contributed by atoms with van der Waals surface area (Å²) in [5, 5.41) is 1.84. The fourth-order valence-electron chi connectivity index (χ4n) is 2.42. The van der Waals surface area contributed by atoms with Crippen molar-refractivity contribution in [2.24, 2.45) is 0 Å². The van der Waals surface area contributed by atoms with Gasteiger partial charge >= 0.3 is 12.1 Å². The first kappa shape index (κ1) is 18.4. The predicted octanol–water partition coefficient (Wildman–Crippen LogP) is 3.49. The summed E-state index contributed by atoms with van der Waals surface area (Å²) in [6, 6.07) is -0.134. The Morgan fingerprint density at radius 1 is 1.42 bits per heavy atom. The van der Waals surface area contributed by atoms with E-state index in [0.717, 1.165) is 25.0 Å². The minimum atomic E-state index is -0.536. The highest BCUT2D eigenvalue weighted by Crippen LogP contribution is 2.20. The Kier molecular flexibility index (Phi) is 6.36. The van der Waals surface area contributed by atoms with Gasteiger partial charge in [0.15, 0.2) is 0 Å². The van der Waals surface area contributed by atoms with E-state index < -0.39 is 11.6 Å². The summed E-state index contributed by atoms with van der Waals surface area (Å²) in [4.78, 5) is 29.8. The number of esters is 1. The number of aromatic nitrogens is 1. The lowest BCUT2D eigenvalue weighted by Gasteiger charge is -2.36. The predicted molar refractivity (Wildman–Crippen MR) is 92.7 cm³/mol. The van der Waals surface area contributed by atoms with Crippen molar-refractivity contribution in [3.63, 3.8) is 0 Å². The second kappa shape index (κ2) is 8.28. The second-order valence-electron chi connectivity index (χ2n) is 6.70. The lowest BCUT2D eigenvalue weighted by molar-refractivity contribution is -0.139. The van der Waals surface area contributed by atoms with Crippen LogP contribution < -0.4 is 0 Å². The number of hydrogen-bond acceptors (Lipinski definition) is 6. The molecule has 1 aromatic heterocycles. The van der Waals surface area contributed by atoms with Gasteiger partial charge in [-0.25, -0.2) is 14.6 Å². The SMILES string of the molecule is CC(C)(C)OC(=O)N1CCCCC1COC(=O)/C=C/c1cscn1. The number of carbonyl (C=O) groups is 2. The molecule has 2 rings (SSSR count). The molecule has 1 aromatic rings. The van der Waals surface area contributed by atoms with Crippen molar-refractivity contribution in [2.75, 3.05) is 13.2 Å². The smallest absolute Gasteiger partial charge is 0.410 e. The van der Waals surface area contributed by atoms with E-state index in [1.807, 2.05) is 26.2 Å². The van der Waals surface area contributed by atoms with Gasteiger partial charge in [-0.2, -0.15) is 0 Å². The largest absolute Gasteiger partial charge is 0.460 e. The molecule has 2 heterocycles. The number of likely N-dealkylation sites (tertiary alicyclic amines) is 1. The lowest BCUT2D eigenvalue weighted by atomic mass is 10.0. The molecule has 1 amide bonds. The molecule has 1 unspecified atom stereocenters. The second-order valence-corrected chi connectivity index (χ2v) is 7.42. The summed E-state index contributed by atoms with van der Waals surface area (Å²) in [6.07, 6.45) is 5.38. The molecule has 0 bridgehead atoms. The number of hydrogen-bond donors (Lipinski definition) is 0. The summed E-state index contributed by atoms with van der Waals surface area (Å²) in [5.41, 5.74) is 1.89. The van der Waals surface area contributed by atoms with Gasteiger partial charge in [0, 0.05) is 18.0 Å². The highest BCUT2D eigenvalue weighted by atomic mass is 32.1. The number of ether oxygens (including phenoxy) is 2. The highest BCUT2D eigenvalue weighted by molar-refractivity contribution is 7.07. The number of thiazole rings is 1. The van der Waals surface area contributed by atoms with E-state index in [1.165, 1.54) is 17.4 Å². The molecule has 1 saturated heterocycles. The molecule has 1 aliphatic rings. The van der Waals surface area contributed by atoms with Crippen LogP contribution in [0.5, 0.6) is 0 Å². The molecule has 0 radical (unpaired) electrons. The van der Waals surface area contributed by atoms with Crippen LogP contribution in [0.3, 0.4) is 0 Å². The van der Waals surface area contributed by atoms with Crippen LogP contribution in [0.4, 0.5) is 4.79 Å². The van der Waals surface area contributed by atoms with Gasteiger partial charge in [0.05, 0.1) is 17.2 Å². The van der Waals surface area contributed by atoms with E-state index in [4.69, 9.17) is 9.47 Å². The molecule has 6 nitrogen and oxygen atoms in total. The molecule has 1 fully saturated rings. The summed E-state index contributed by atoms with van der Waals surface area (Å²) in [5.74, 6) is -0.433. The van der Waals surface area contributed by atoms with Crippen molar-refractivity contribution in [3.8, 4) is 0 Å². The van der Waals surface area contributed by atoms with E-state index in [0.29, 0.717) is 6.54 Å². The highest BCUT2D eigenvalue weighted by Gasteiger charge is 2.31. The maximum Gasteiger partial charge on any atom is 0.410 e. The van der Waals surface area contributed by atoms with Gasteiger partial charge in [0.25, 0.3) is 0 Å². The molecule has 0 saturated carbocycles. The summed E-state index contributed by atoms with van der Waals surface area (Å²) in [6.45, 7) is 6.33. The summed E-state index contributed by atoms with van der Waals surface area (Å²) in [7, 11) is 0. The van der Waals surface area contributed by atoms with E-state index in [2.05, 4.69) is 4.98 Å². The first-order valence-electron chi connectivity index (χ1n) is 8.08. The van der Waals surface area contributed by atoms with Crippen molar-refractivity contribution in [3.05, 3.63) is 22.7 Å². The van der Waals surface area contributed by atoms with Gasteiger partial charge in [-0.3, -0.25) is 0 Å².